The first-order chi connectivity index (χ1) is 9.54. The van der Waals surface area contributed by atoms with Crippen molar-refractivity contribution in [3.05, 3.63) is 35.9 Å². The molecule has 2 atom stereocenters. The van der Waals surface area contributed by atoms with E-state index in [0.29, 0.717) is 0 Å². The number of carboxylic acid groups (broad SMARTS) is 1. The fourth-order valence-electron chi connectivity index (χ4n) is 1.98. The van der Waals surface area contributed by atoms with Gasteiger partial charge in [0.15, 0.2) is 0 Å². The van der Waals surface area contributed by atoms with Crippen LogP contribution in [0.4, 0.5) is 13.2 Å². The Balaban J connectivity index is 2.82. The number of halogens is 3. The Labute approximate surface area is 122 Å². The van der Waals surface area contributed by atoms with Gasteiger partial charge >= 0.3 is 12.1 Å². The van der Waals surface area contributed by atoms with Crippen molar-refractivity contribution in [3.63, 3.8) is 0 Å². The Hall–Kier alpha value is -1.56. The predicted molar refractivity (Wildman–Crippen MR) is 73.9 cm³/mol. The molecule has 1 aromatic carbocycles. The monoisotopic (exact) mass is 303 g/mol. The second kappa shape index (κ2) is 6.47. The molecule has 0 fully saturated rings. The Kier molecular flexibility index (Phi) is 5.39. The van der Waals surface area contributed by atoms with Crippen LogP contribution in [0.15, 0.2) is 30.3 Å². The Morgan fingerprint density at radius 3 is 2.19 bits per heavy atom. The van der Waals surface area contributed by atoms with Gasteiger partial charge in [0.25, 0.3) is 0 Å². The molecule has 118 valence electrons. The van der Waals surface area contributed by atoms with E-state index in [1.807, 2.05) is 6.07 Å². The highest BCUT2D eigenvalue weighted by atomic mass is 19.4. The molecule has 0 spiro atoms. The predicted octanol–water partition coefficient (Wildman–Crippen LogP) is 3.77. The number of hydrogen-bond acceptors (Lipinski definition) is 2. The van der Waals surface area contributed by atoms with Crippen molar-refractivity contribution in [2.45, 2.75) is 45.5 Å². The van der Waals surface area contributed by atoms with Crippen LogP contribution in [0.1, 0.15) is 38.8 Å². The van der Waals surface area contributed by atoms with Crippen molar-refractivity contribution in [3.8, 4) is 0 Å². The van der Waals surface area contributed by atoms with Crippen molar-refractivity contribution in [1.82, 2.24) is 5.32 Å². The van der Waals surface area contributed by atoms with Crippen LogP contribution in [0.5, 0.6) is 0 Å². The van der Waals surface area contributed by atoms with Gasteiger partial charge in [-0.05, 0) is 18.9 Å². The van der Waals surface area contributed by atoms with E-state index in [2.05, 4.69) is 5.32 Å². The average Bonchev–Trinajstić information content (AvgIpc) is 2.37. The van der Waals surface area contributed by atoms with Gasteiger partial charge in [0.2, 0.25) is 0 Å². The molecule has 0 heterocycles. The van der Waals surface area contributed by atoms with E-state index in [1.54, 1.807) is 31.2 Å². The first kappa shape index (κ1) is 17.5. The zero-order chi connectivity index (χ0) is 16.3. The minimum atomic E-state index is -4.45. The van der Waals surface area contributed by atoms with Gasteiger partial charge in [-0.3, -0.25) is 10.1 Å². The molecule has 0 saturated heterocycles. The Bertz CT molecular complexity index is 472. The second-order valence-electron chi connectivity index (χ2n) is 5.78. The van der Waals surface area contributed by atoms with Crippen molar-refractivity contribution in [2.24, 2.45) is 5.41 Å². The summed E-state index contributed by atoms with van der Waals surface area (Å²) in [6.45, 7) is 3.75. The van der Waals surface area contributed by atoms with Crippen LogP contribution >= 0.6 is 0 Å². The smallest absolute Gasteiger partial charge is 0.394 e. The number of carbonyl (C=O) groups is 1. The molecule has 0 aliphatic heterocycles. The Morgan fingerprint density at radius 2 is 1.76 bits per heavy atom. The van der Waals surface area contributed by atoms with Gasteiger partial charge < -0.3 is 5.11 Å². The summed E-state index contributed by atoms with van der Waals surface area (Å²) in [7, 11) is 0. The maximum atomic E-state index is 12.9. The summed E-state index contributed by atoms with van der Waals surface area (Å²) in [4.78, 5) is 11.2. The van der Waals surface area contributed by atoms with Gasteiger partial charge in [0, 0.05) is 6.04 Å². The first-order valence-corrected chi connectivity index (χ1v) is 6.65. The molecule has 0 bridgehead atoms. The lowest BCUT2D eigenvalue weighted by Gasteiger charge is -2.31. The molecule has 21 heavy (non-hydrogen) atoms. The maximum Gasteiger partial charge on any atom is 0.394 e. The minimum absolute atomic E-state index is 0.351. The van der Waals surface area contributed by atoms with Crippen molar-refractivity contribution >= 4 is 5.97 Å². The maximum absolute atomic E-state index is 12.9. The third kappa shape index (κ3) is 4.74. The molecule has 0 aromatic heterocycles. The summed E-state index contributed by atoms with van der Waals surface area (Å²) in [5.74, 6) is -1.28. The Morgan fingerprint density at radius 1 is 1.24 bits per heavy atom. The van der Waals surface area contributed by atoms with Crippen LogP contribution in [-0.2, 0) is 4.79 Å². The number of benzene rings is 1. The van der Waals surface area contributed by atoms with Gasteiger partial charge in [-0.2, -0.15) is 13.2 Å². The number of aliphatic carboxylic acids is 1. The van der Waals surface area contributed by atoms with Crippen LogP contribution in [0.3, 0.4) is 0 Å². The lowest BCUT2D eigenvalue weighted by molar-refractivity contribution is -0.216. The summed E-state index contributed by atoms with van der Waals surface area (Å²) in [6.07, 6.45) is -4.97. The van der Waals surface area contributed by atoms with Gasteiger partial charge in [0.1, 0.15) is 6.04 Å². The standard InChI is InChI=1S/C15H20F3NO2/c1-10(11-7-5-4-6-8-11)19-12(13(20)21)9-14(2,3)15(16,17)18/h4-8,10,12,19H,9H2,1-3H3,(H,20,21)/t10-,12-/m1/s1. The quantitative estimate of drug-likeness (QED) is 0.841. The van der Waals surface area contributed by atoms with Gasteiger partial charge in [-0.15, -0.1) is 0 Å². The van der Waals surface area contributed by atoms with E-state index >= 15 is 0 Å². The summed E-state index contributed by atoms with van der Waals surface area (Å²) in [6, 6.07) is 7.38. The summed E-state index contributed by atoms with van der Waals surface area (Å²) in [5.41, 5.74) is -1.24. The summed E-state index contributed by atoms with van der Waals surface area (Å²) >= 11 is 0. The fraction of sp³-hybridized carbons (Fsp3) is 0.533. The lowest BCUT2D eigenvalue weighted by atomic mass is 9.84. The molecular weight excluding hydrogens is 283 g/mol. The molecule has 0 unspecified atom stereocenters. The average molecular weight is 303 g/mol. The molecule has 1 rings (SSSR count). The highest BCUT2D eigenvalue weighted by Gasteiger charge is 2.49. The first-order valence-electron chi connectivity index (χ1n) is 6.65. The molecule has 0 radical (unpaired) electrons. The molecule has 3 nitrogen and oxygen atoms in total. The van der Waals surface area contributed by atoms with Gasteiger partial charge in [0.05, 0.1) is 5.41 Å². The van der Waals surface area contributed by atoms with Gasteiger partial charge in [-0.1, -0.05) is 44.2 Å². The summed E-state index contributed by atoms with van der Waals surface area (Å²) < 4.78 is 38.7. The fourth-order valence-corrected chi connectivity index (χ4v) is 1.98. The number of nitrogens with one attached hydrogen (secondary N) is 1. The molecule has 1 aromatic rings. The van der Waals surface area contributed by atoms with Crippen LogP contribution in [0.25, 0.3) is 0 Å². The molecule has 0 aliphatic rings. The third-order valence-electron chi connectivity index (χ3n) is 3.53. The normalized spacial score (nSPS) is 15.5. The number of alkyl halides is 3. The van der Waals surface area contributed by atoms with Crippen LogP contribution in [-0.4, -0.2) is 23.3 Å². The van der Waals surface area contributed by atoms with E-state index < -0.39 is 30.0 Å². The van der Waals surface area contributed by atoms with Crippen molar-refractivity contribution in [2.75, 3.05) is 0 Å². The van der Waals surface area contributed by atoms with Crippen LogP contribution < -0.4 is 5.32 Å². The summed E-state index contributed by atoms with van der Waals surface area (Å²) in [5, 5.41) is 11.9. The molecule has 6 heteroatoms. The number of carboxylic acids is 1. The highest BCUT2D eigenvalue weighted by molar-refractivity contribution is 5.73. The second-order valence-corrected chi connectivity index (χ2v) is 5.78. The molecule has 0 amide bonds. The number of hydrogen-bond donors (Lipinski definition) is 2. The van der Waals surface area contributed by atoms with Crippen molar-refractivity contribution in [1.29, 1.82) is 0 Å². The molecule has 2 N–H and O–H groups in total. The zero-order valence-electron chi connectivity index (χ0n) is 12.2. The third-order valence-corrected chi connectivity index (χ3v) is 3.53. The van der Waals surface area contributed by atoms with E-state index in [1.165, 1.54) is 0 Å². The topological polar surface area (TPSA) is 49.3 Å². The molecule has 0 aliphatic carbocycles. The highest BCUT2D eigenvalue weighted by Crippen LogP contribution is 2.41. The van der Waals surface area contributed by atoms with E-state index in [4.69, 9.17) is 5.11 Å². The van der Waals surface area contributed by atoms with Crippen LogP contribution in [0, 0.1) is 5.41 Å². The van der Waals surface area contributed by atoms with Crippen molar-refractivity contribution < 1.29 is 23.1 Å². The zero-order valence-corrected chi connectivity index (χ0v) is 12.2. The van der Waals surface area contributed by atoms with E-state index in [9.17, 15) is 18.0 Å². The lowest BCUT2D eigenvalue weighted by Crippen LogP contribution is -2.45. The SMILES string of the molecule is C[C@@H](N[C@H](CC(C)(C)C(F)(F)F)C(=O)O)c1ccccc1. The minimum Gasteiger partial charge on any atom is -0.480 e. The molecule has 0 saturated carbocycles. The van der Waals surface area contributed by atoms with Crippen LogP contribution in [0.2, 0.25) is 0 Å². The number of rotatable bonds is 6. The van der Waals surface area contributed by atoms with E-state index in [0.717, 1.165) is 19.4 Å². The molecular formula is C15H20F3NO2. The largest absolute Gasteiger partial charge is 0.480 e. The van der Waals surface area contributed by atoms with E-state index in [-0.39, 0.29) is 6.04 Å². The van der Waals surface area contributed by atoms with Gasteiger partial charge in [-0.25, -0.2) is 0 Å².